The monoisotopic (exact) mass is 297 g/mol. The van der Waals surface area contributed by atoms with E-state index in [9.17, 15) is 9.59 Å². The molecule has 0 aromatic heterocycles. The fourth-order valence-electron chi connectivity index (χ4n) is 1.92. The Bertz CT molecular complexity index is 633. The first-order chi connectivity index (χ1) is 10.6. The van der Waals surface area contributed by atoms with Crippen molar-refractivity contribution in [2.24, 2.45) is 0 Å². The van der Waals surface area contributed by atoms with Gasteiger partial charge >= 0.3 is 5.97 Å². The van der Waals surface area contributed by atoms with Gasteiger partial charge in [-0.15, -0.1) is 0 Å². The summed E-state index contributed by atoms with van der Waals surface area (Å²) in [6, 6.07) is 15.6. The van der Waals surface area contributed by atoms with E-state index < -0.39 is 0 Å². The molecule has 2 rings (SSSR count). The Labute approximate surface area is 130 Å². The van der Waals surface area contributed by atoms with Crippen LogP contribution in [0.4, 0.5) is 0 Å². The summed E-state index contributed by atoms with van der Waals surface area (Å²) >= 11 is 0. The molecule has 114 valence electrons. The van der Waals surface area contributed by atoms with Crippen LogP contribution in [-0.2, 0) is 4.74 Å². The fourth-order valence-corrected chi connectivity index (χ4v) is 1.92. The molecule has 0 saturated carbocycles. The minimum absolute atomic E-state index is 0.0619. The van der Waals surface area contributed by atoms with Gasteiger partial charge in [0.05, 0.1) is 5.56 Å². The summed E-state index contributed by atoms with van der Waals surface area (Å²) in [5.74, 6) is -0.436. The number of ether oxygens (including phenoxy) is 1. The van der Waals surface area contributed by atoms with Crippen molar-refractivity contribution in [3.63, 3.8) is 0 Å². The van der Waals surface area contributed by atoms with Crippen LogP contribution in [-0.4, -0.2) is 43.9 Å². The van der Waals surface area contributed by atoms with E-state index >= 15 is 0 Å². The Kier molecular flexibility index (Phi) is 5.44. The van der Waals surface area contributed by atoms with E-state index in [4.69, 9.17) is 4.74 Å². The van der Waals surface area contributed by atoms with Gasteiger partial charge in [-0.25, -0.2) is 4.79 Å². The third-order valence-corrected chi connectivity index (χ3v) is 3.19. The molecule has 0 amide bonds. The fraction of sp³-hybridized carbons (Fsp3) is 0.222. The van der Waals surface area contributed by atoms with Crippen LogP contribution in [0.15, 0.2) is 54.6 Å². The summed E-state index contributed by atoms with van der Waals surface area (Å²) in [5, 5.41) is 0. The number of benzene rings is 2. The van der Waals surface area contributed by atoms with Gasteiger partial charge in [-0.2, -0.15) is 0 Å². The molecule has 0 saturated heterocycles. The van der Waals surface area contributed by atoms with Crippen molar-refractivity contribution in [3.05, 3.63) is 71.3 Å². The van der Waals surface area contributed by atoms with Gasteiger partial charge in [-0.3, -0.25) is 4.79 Å². The second kappa shape index (κ2) is 7.52. The Balaban J connectivity index is 2.01. The Morgan fingerprint density at radius 3 is 2.00 bits per heavy atom. The van der Waals surface area contributed by atoms with Gasteiger partial charge in [0.15, 0.2) is 5.78 Å². The number of hydrogen-bond acceptors (Lipinski definition) is 4. The standard InChI is InChI=1S/C18H19NO3/c1-19(2)12-13-22-18(21)16-10-8-15(9-11-16)17(20)14-6-4-3-5-7-14/h3-11H,12-13H2,1-2H3. The molecule has 0 fully saturated rings. The van der Waals surface area contributed by atoms with E-state index in [1.807, 2.05) is 37.2 Å². The largest absolute Gasteiger partial charge is 0.461 e. The molecule has 0 radical (unpaired) electrons. The van der Waals surface area contributed by atoms with E-state index in [1.54, 1.807) is 36.4 Å². The van der Waals surface area contributed by atoms with Crippen molar-refractivity contribution >= 4 is 11.8 Å². The average molecular weight is 297 g/mol. The van der Waals surface area contributed by atoms with Gasteiger partial charge in [0.25, 0.3) is 0 Å². The number of likely N-dealkylation sites (N-methyl/N-ethyl adjacent to an activating group) is 1. The van der Waals surface area contributed by atoms with Crippen LogP contribution in [0, 0.1) is 0 Å². The van der Waals surface area contributed by atoms with Crippen LogP contribution in [0.25, 0.3) is 0 Å². The first kappa shape index (κ1) is 15.9. The molecular formula is C18H19NO3. The third-order valence-electron chi connectivity index (χ3n) is 3.19. The number of nitrogens with zero attached hydrogens (tertiary/aromatic N) is 1. The Morgan fingerprint density at radius 2 is 1.41 bits per heavy atom. The Morgan fingerprint density at radius 1 is 0.864 bits per heavy atom. The summed E-state index contributed by atoms with van der Waals surface area (Å²) in [6.07, 6.45) is 0. The molecule has 0 spiro atoms. The minimum Gasteiger partial charge on any atom is -0.461 e. The summed E-state index contributed by atoms with van der Waals surface area (Å²) in [7, 11) is 3.83. The van der Waals surface area contributed by atoms with Crippen molar-refractivity contribution in [2.75, 3.05) is 27.2 Å². The lowest BCUT2D eigenvalue weighted by Crippen LogP contribution is -2.20. The highest BCUT2D eigenvalue weighted by Gasteiger charge is 2.11. The topological polar surface area (TPSA) is 46.6 Å². The maximum absolute atomic E-state index is 12.3. The van der Waals surface area contributed by atoms with E-state index in [0.29, 0.717) is 29.8 Å². The lowest BCUT2D eigenvalue weighted by molar-refractivity contribution is 0.0481. The van der Waals surface area contributed by atoms with Gasteiger partial charge in [0.1, 0.15) is 6.61 Å². The molecule has 0 aliphatic carbocycles. The lowest BCUT2D eigenvalue weighted by atomic mass is 10.0. The molecule has 0 aliphatic heterocycles. The van der Waals surface area contributed by atoms with Crippen molar-refractivity contribution in [1.82, 2.24) is 4.90 Å². The van der Waals surface area contributed by atoms with Gasteiger partial charge < -0.3 is 9.64 Å². The van der Waals surface area contributed by atoms with Crippen LogP contribution < -0.4 is 0 Å². The molecule has 4 nitrogen and oxygen atoms in total. The summed E-state index contributed by atoms with van der Waals surface area (Å²) in [6.45, 7) is 1.02. The number of ketones is 1. The SMILES string of the molecule is CN(C)CCOC(=O)c1ccc(C(=O)c2ccccc2)cc1. The zero-order valence-corrected chi connectivity index (χ0v) is 12.8. The lowest BCUT2D eigenvalue weighted by Gasteiger charge is -2.10. The van der Waals surface area contributed by atoms with Crippen molar-refractivity contribution in [2.45, 2.75) is 0 Å². The zero-order chi connectivity index (χ0) is 15.9. The van der Waals surface area contributed by atoms with Gasteiger partial charge in [-0.05, 0) is 26.2 Å². The molecule has 22 heavy (non-hydrogen) atoms. The highest BCUT2D eigenvalue weighted by molar-refractivity contribution is 6.09. The predicted molar refractivity (Wildman–Crippen MR) is 85.2 cm³/mol. The average Bonchev–Trinajstić information content (AvgIpc) is 2.54. The maximum Gasteiger partial charge on any atom is 0.338 e. The molecule has 2 aromatic carbocycles. The summed E-state index contributed by atoms with van der Waals surface area (Å²) in [4.78, 5) is 26.0. The first-order valence-electron chi connectivity index (χ1n) is 7.09. The third kappa shape index (κ3) is 4.27. The number of carbonyl (C=O) groups is 2. The second-order valence-corrected chi connectivity index (χ2v) is 5.21. The van der Waals surface area contributed by atoms with Gasteiger partial charge in [0, 0.05) is 17.7 Å². The zero-order valence-electron chi connectivity index (χ0n) is 12.8. The van der Waals surface area contributed by atoms with Crippen LogP contribution in [0.1, 0.15) is 26.3 Å². The van der Waals surface area contributed by atoms with Gasteiger partial charge in [0.2, 0.25) is 0 Å². The molecule has 0 bridgehead atoms. The highest BCUT2D eigenvalue weighted by atomic mass is 16.5. The number of hydrogen-bond donors (Lipinski definition) is 0. The quantitative estimate of drug-likeness (QED) is 0.607. The molecule has 0 unspecified atom stereocenters. The molecule has 2 aromatic rings. The van der Waals surface area contributed by atoms with Gasteiger partial charge in [-0.1, -0.05) is 42.5 Å². The molecule has 4 heteroatoms. The van der Waals surface area contributed by atoms with Crippen LogP contribution in [0.3, 0.4) is 0 Å². The summed E-state index contributed by atoms with van der Waals surface area (Å²) < 4.78 is 5.16. The minimum atomic E-state index is -0.374. The Hall–Kier alpha value is -2.46. The molecule has 0 aliphatic rings. The predicted octanol–water partition coefficient (Wildman–Crippen LogP) is 2.64. The van der Waals surface area contributed by atoms with E-state index in [2.05, 4.69) is 0 Å². The van der Waals surface area contributed by atoms with E-state index in [0.717, 1.165) is 0 Å². The van der Waals surface area contributed by atoms with Crippen molar-refractivity contribution < 1.29 is 14.3 Å². The van der Waals surface area contributed by atoms with Crippen LogP contribution in [0.2, 0.25) is 0 Å². The normalized spacial score (nSPS) is 10.5. The molecular weight excluding hydrogens is 278 g/mol. The number of carbonyl (C=O) groups excluding carboxylic acids is 2. The van der Waals surface area contributed by atoms with E-state index in [1.165, 1.54) is 0 Å². The first-order valence-corrected chi connectivity index (χ1v) is 7.09. The van der Waals surface area contributed by atoms with E-state index in [-0.39, 0.29) is 11.8 Å². The number of esters is 1. The molecule has 0 atom stereocenters. The second-order valence-electron chi connectivity index (χ2n) is 5.21. The molecule has 0 heterocycles. The van der Waals surface area contributed by atoms with Crippen molar-refractivity contribution in [3.8, 4) is 0 Å². The molecule has 0 N–H and O–H groups in total. The summed E-state index contributed by atoms with van der Waals surface area (Å²) in [5.41, 5.74) is 1.63. The number of rotatable bonds is 6. The smallest absolute Gasteiger partial charge is 0.338 e. The van der Waals surface area contributed by atoms with Crippen LogP contribution in [0.5, 0.6) is 0 Å². The van der Waals surface area contributed by atoms with Crippen molar-refractivity contribution in [1.29, 1.82) is 0 Å². The maximum atomic E-state index is 12.3. The highest BCUT2D eigenvalue weighted by Crippen LogP contribution is 2.11. The van der Waals surface area contributed by atoms with Crippen LogP contribution >= 0.6 is 0 Å².